The van der Waals surface area contributed by atoms with Gasteiger partial charge in [0.15, 0.2) is 6.61 Å². The van der Waals surface area contributed by atoms with Gasteiger partial charge in [-0.05, 0) is 18.6 Å². The number of rotatable bonds is 9. The van der Waals surface area contributed by atoms with E-state index >= 15 is 0 Å². The van der Waals surface area contributed by atoms with E-state index in [4.69, 9.17) is 0 Å². The molecule has 0 radical (unpaired) electrons. The molecule has 0 atom stereocenters. The number of carbonyl (C=O) groups is 1. The van der Waals surface area contributed by atoms with E-state index in [2.05, 4.69) is 34.5 Å². The molecule has 0 aliphatic carbocycles. The monoisotopic (exact) mass is 478 g/mol. The zero-order valence-electron chi connectivity index (χ0n) is 17.5. The molecule has 176 valence electrons. The summed E-state index contributed by atoms with van der Waals surface area (Å²) in [7, 11) is 0.0217. The second-order valence-corrected chi connectivity index (χ2v) is 8.19. The average molecular weight is 478 g/mol. The van der Waals surface area contributed by atoms with Crippen molar-refractivity contribution in [2.24, 2.45) is 0 Å². The number of hydrogen-bond acceptors (Lipinski definition) is 10. The minimum absolute atomic E-state index is 0.0191. The molecule has 0 unspecified atom stereocenters. The summed E-state index contributed by atoms with van der Waals surface area (Å²) < 4.78 is 74.2. The van der Waals surface area contributed by atoms with Crippen LogP contribution in [0.2, 0.25) is 0 Å². The molecule has 0 saturated heterocycles. The Hall–Kier alpha value is -3.20. The van der Waals surface area contributed by atoms with Gasteiger partial charge < -0.3 is 19.7 Å². The number of ether oxygens (including phenoxy) is 2. The predicted octanol–water partition coefficient (Wildman–Crippen LogP) is 1.32. The number of benzene rings is 1. The van der Waals surface area contributed by atoms with Gasteiger partial charge in [-0.3, -0.25) is 0 Å². The maximum Gasteiger partial charge on any atom is 0.422 e. The number of aryl methyl sites for hydroxylation is 1. The van der Waals surface area contributed by atoms with E-state index in [1.165, 1.54) is 30.0 Å². The van der Waals surface area contributed by atoms with Crippen molar-refractivity contribution in [1.82, 2.24) is 19.7 Å². The summed E-state index contributed by atoms with van der Waals surface area (Å²) in [5.74, 6) is -1.09. The number of nitrogens with zero attached hydrogens (tertiary/aromatic N) is 4. The van der Waals surface area contributed by atoms with Crippen molar-refractivity contribution in [3.05, 3.63) is 29.3 Å². The fourth-order valence-electron chi connectivity index (χ4n) is 2.40. The van der Waals surface area contributed by atoms with Gasteiger partial charge in [-0.1, -0.05) is 12.1 Å². The van der Waals surface area contributed by atoms with Crippen molar-refractivity contribution >= 4 is 27.9 Å². The van der Waals surface area contributed by atoms with Crippen LogP contribution >= 0.6 is 0 Å². The minimum atomic E-state index is -4.60. The Morgan fingerprint density at radius 3 is 2.47 bits per heavy atom. The van der Waals surface area contributed by atoms with E-state index in [1.54, 1.807) is 14.1 Å². The maximum atomic E-state index is 12.8. The molecule has 15 heteroatoms. The summed E-state index contributed by atoms with van der Waals surface area (Å²) >= 11 is 0. The fourth-order valence-corrected chi connectivity index (χ4v) is 3.74. The number of alkyl halides is 3. The molecule has 1 heterocycles. The van der Waals surface area contributed by atoms with Crippen LogP contribution in [-0.4, -0.2) is 70.0 Å². The van der Waals surface area contributed by atoms with Crippen LogP contribution in [0.1, 0.15) is 15.9 Å². The molecule has 1 aromatic heterocycles. The smallest absolute Gasteiger partial charge is 0.422 e. The SMILES string of the molecule is COC(=O)c1cccc(C)c1S(=O)(=O)NCNc1nc(OCC(F)(F)F)nc(N(C)C)n1. The molecule has 2 rings (SSSR count). The third-order valence-electron chi connectivity index (χ3n) is 3.76. The van der Waals surface area contributed by atoms with E-state index < -0.39 is 41.5 Å². The Balaban J connectivity index is 2.21. The summed E-state index contributed by atoms with van der Waals surface area (Å²) in [4.78, 5) is 24.5. The maximum absolute atomic E-state index is 12.8. The molecule has 0 bridgehead atoms. The summed E-state index contributed by atoms with van der Waals surface area (Å²) in [6.45, 7) is -0.555. The quantitative estimate of drug-likeness (QED) is 0.401. The third-order valence-corrected chi connectivity index (χ3v) is 5.37. The van der Waals surface area contributed by atoms with Crippen molar-refractivity contribution in [2.45, 2.75) is 18.0 Å². The molecule has 32 heavy (non-hydrogen) atoms. The Kier molecular flexibility index (Phi) is 7.79. The minimum Gasteiger partial charge on any atom is -0.465 e. The number of esters is 1. The van der Waals surface area contributed by atoms with Gasteiger partial charge in [-0.2, -0.15) is 32.8 Å². The highest BCUT2D eigenvalue weighted by Gasteiger charge is 2.29. The number of methoxy groups -OCH3 is 1. The van der Waals surface area contributed by atoms with Gasteiger partial charge in [0.1, 0.15) is 0 Å². The first-order valence-corrected chi connectivity index (χ1v) is 10.4. The van der Waals surface area contributed by atoms with Crippen LogP contribution in [0.3, 0.4) is 0 Å². The number of sulfonamides is 1. The molecule has 2 aromatic rings. The molecule has 0 aliphatic heterocycles. The van der Waals surface area contributed by atoms with E-state index in [9.17, 15) is 26.4 Å². The lowest BCUT2D eigenvalue weighted by molar-refractivity contribution is -0.154. The van der Waals surface area contributed by atoms with Crippen LogP contribution in [0.25, 0.3) is 0 Å². The lowest BCUT2D eigenvalue weighted by atomic mass is 10.1. The van der Waals surface area contributed by atoms with Crippen LogP contribution in [0.15, 0.2) is 23.1 Å². The molecule has 1 aromatic carbocycles. The Bertz CT molecular complexity index is 1080. The molecule has 2 N–H and O–H groups in total. The normalized spacial score (nSPS) is 11.7. The predicted molar refractivity (Wildman–Crippen MR) is 107 cm³/mol. The highest BCUT2D eigenvalue weighted by atomic mass is 32.2. The van der Waals surface area contributed by atoms with Crippen LogP contribution in [0.4, 0.5) is 25.1 Å². The molecule has 0 spiro atoms. The second kappa shape index (κ2) is 9.95. The van der Waals surface area contributed by atoms with Crippen LogP contribution in [-0.2, 0) is 14.8 Å². The first-order chi connectivity index (χ1) is 14.8. The lowest BCUT2D eigenvalue weighted by Crippen LogP contribution is -2.31. The zero-order chi connectivity index (χ0) is 24.1. The van der Waals surface area contributed by atoms with E-state index in [-0.39, 0.29) is 22.4 Å². The van der Waals surface area contributed by atoms with Gasteiger partial charge in [-0.15, -0.1) is 0 Å². The first kappa shape index (κ1) is 25.1. The van der Waals surface area contributed by atoms with E-state index in [1.807, 2.05) is 0 Å². The number of halogens is 3. The van der Waals surface area contributed by atoms with E-state index in [0.29, 0.717) is 5.56 Å². The van der Waals surface area contributed by atoms with Crippen LogP contribution in [0, 0.1) is 6.92 Å². The Labute approximate surface area is 182 Å². The van der Waals surface area contributed by atoms with E-state index in [0.717, 1.165) is 7.11 Å². The number of nitrogens with one attached hydrogen (secondary N) is 2. The molecule has 11 nitrogen and oxygen atoms in total. The highest BCUT2D eigenvalue weighted by molar-refractivity contribution is 7.89. The van der Waals surface area contributed by atoms with Gasteiger partial charge >= 0.3 is 18.2 Å². The zero-order valence-corrected chi connectivity index (χ0v) is 18.3. The summed E-state index contributed by atoms with van der Waals surface area (Å²) in [5, 5.41) is 2.53. The Morgan fingerprint density at radius 1 is 1.19 bits per heavy atom. The molecular weight excluding hydrogens is 457 g/mol. The fraction of sp³-hybridized carbons (Fsp3) is 0.412. The van der Waals surface area contributed by atoms with Crippen molar-refractivity contribution < 1.29 is 35.9 Å². The molecule has 0 fully saturated rings. The van der Waals surface area contributed by atoms with Crippen LogP contribution < -0.4 is 19.7 Å². The summed E-state index contributed by atoms with van der Waals surface area (Å²) in [6, 6.07) is 3.72. The van der Waals surface area contributed by atoms with Crippen molar-refractivity contribution in [3.63, 3.8) is 0 Å². The molecular formula is C17H21F3N6O5S. The molecule has 0 aliphatic rings. The lowest BCUT2D eigenvalue weighted by Gasteiger charge is -2.15. The van der Waals surface area contributed by atoms with Crippen molar-refractivity contribution in [1.29, 1.82) is 0 Å². The average Bonchev–Trinajstić information content (AvgIpc) is 2.70. The molecule has 0 saturated carbocycles. The molecule has 0 amide bonds. The number of carbonyl (C=O) groups excluding carboxylic acids is 1. The topological polar surface area (TPSA) is 136 Å². The third kappa shape index (κ3) is 6.65. The van der Waals surface area contributed by atoms with Gasteiger partial charge in [0.05, 0.1) is 24.2 Å². The highest BCUT2D eigenvalue weighted by Crippen LogP contribution is 2.21. The van der Waals surface area contributed by atoms with Gasteiger partial charge in [-0.25, -0.2) is 13.2 Å². The largest absolute Gasteiger partial charge is 0.465 e. The number of anilines is 2. The van der Waals surface area contributed by atoms with Crippen LogP contribution in [0.5, 0.6) is 6.01 Å². The van der Waals surface area contributed by atoms with Crippen molar-refractivity contribution in [2.75, 3.05) is 44.7 Å². The standard InChI is InChI=1S/C17H21F3N6O5S/c1-10-6-5-7-11(13(27)30-4)12(10)32(28,29)22-9-21-14-23-15(26(2)3)25-16(24-14)31-8-17(18,19)20/h5-7,22H,8-9H2,1-4H3,(H,21,23,24,25). The van der Waals surface area contributed by atoms with Gasteiger partial charge in [0.25, 0.3) is 0 Å². The number of hydrogen-bond donors (Lipinski definition) is 2. The van der Waals surface area contributed by atoms with Gasteiger partial charge in [0, 0.05) is 14.1 Å². The summed E-state index contributed by atoms with van der Waals surface area (Å²) in [6.07, 6.45) is -4.60. The summed E-state index contributed by atoms with van der Waals surface area (Å²) in [5.41, 5.74) is 0.149. The first-order valence-electron chi connectivity index (χ1n) is 8.88. The Morgan fingerprint density at radius 2 is 1.88 bits per heavy atom. The second-order valence-electron chi connectivity index (χ2n) is 6.48. The van der Waals surface area contributed by atoms with Gasteiger partial charge in [0.2, 0.25) is 21.9 Å². The van der Waals surface area contributed by atoms with Crippen molar-refractivity contribution in [3.8, 4) is 6.01 Å². The number of aromatic nitrogens is 3.